The van der Waals surface area contributed by atoms with Crippen LogP contribution >= 0.6 is 11.3 Å². The molecule has 0 unspecified atom stereocenters. The third-order valence-corrected chi connectivity index (χ3v) is 10.2. The second kappa shape index (κ2) is 12.4. The molecule has 0 saturated carbocycles. The molecule has 0 aliphatic heterocycles. The molecule has 230 valence electrons. The maximum absolute atomic E-state index is 5.06. The van der Waals surface area contributed by atoms with Crippen molar-refractivity contribution in [3.63, 3.8) is 0 Å². The Hall–Kier alpha value is -6.23. The zero-order valence-corrected chi connectivity index (χ0v) is 27.3. The molecule has 49 heavy (non-hydrogen) atoms. The number of thiophene rings is 1. The Morgan fingerprint density at radius 2 is 0.735 bits per heavy atom. The fourth-order valence-corrected chi connectivity index (χ4v) is 7.71. The zero-order chi connectivity index (χ0) is 32.6. The first-order valence-corrected chi connectivity index (χ1v) is 17.2. The number of hydrogen-bond acceptors (Lipinski definition) is 4. The lowest BCUT2D eigenvalue weighted by atomic mass is 9.99. The first-order chi connectivity index (χ1) is 24.3. The molecule has 9 aromatic rings. The summed E-state index contributed by atoms with van der Waals surface area (Å²) in [6.45, 7) is 0. The fraction of sp³-hybridized carbons (Fsp3) is 0. The summed E-state index contributed by atoms with van der Waals surface area (Å²) in [6, 6.07) is 61.6. The van der Waals surface area contributed by atoms with Crippen molar-refractivity contribution in [3.8, 4) is 67.5 Å². The minimum absolute atomic E-state index is 0.651. The van der Waals surface area contributed by atoms with E-state index in [-0.39, 0.29) is 0 Å². The van der Waals surface area contributed by atoms with Crippen LogP contribution < -0.4 is 0 Å². The standard InChI is InChI=1S/C45H29N3S/c1-4-11-30(12-5-1)31-19-21-32(22-20-31)33-23-25-36(26-24-33)44-46-43(35-15-8-3-9-16-35)47-45(48-44)37-27-28-39-40-18-10-17-38(34-13-6-2-7-14-34)42(40)49-41(39)29-37/h1-29H. The predicted octanol–water partition coefficient (Wildman–Crippen LogP) is 12.2. The van der Waals surface area contributed by atoms with Gasteiger partial charge in [0, 0.05) is 36.9 Å². The number of rotatable bonds is 6. The molecule has 0 saturated heterocycles. The van der Waals surface area contributed by atoms with Crippen LogP contribution in [0, 0.1) is 0 Å². The van der Waals surface area contributed by atoms with Gasteiger partial charge in [0.1, 0.15) is 0 Å². The van der Waals surface area contributed by atoms with Gasteiger partial charge in [-0.1, -0.05) is 170 Å². The van der Waals surface area contributed by atoms with Gasteiger partial charge in [-0.3, -0.25) is 0 Å². The molecule has 0 radical (unpaired) electrons. The second-order valence-electron chi connectivity index (χ2n) is 12.1. The summed E-state index contributed by atoms with van der Waals surface area (Å²) in [4.78, 5) is 15.0. The van der Waals surface area contributed by atoms with Crippen molar-refractivity contribution in [3.05, 3.63) is 176 Å². The van der Waals surface area contributed by atoms with Crippen LogP contribution in [0.25, 0.3) is 87.7 Å². The van der Waals surface area contributed by atoms with E-state index in [1.165, 1.54) is 48.0 Å². The molecule has 0 atom stereocenters. The molecule has 7 aromatic carbocycles. The molecule has 0 bridgehead atoms. The van der Waals surface area contributed by atoms with Crippen LogP contribution in [-0.2, 0) is 0 Å². The van der Waals surface area contributed by atoms with Crippen molar-refractivity contribution >= 4 is 31.5 Å². The number of hydrogen-bond donors (Lipinski definition) is 0. The lowest BCUT2D eigenvalue weighted by Gasteiger charge is -2.09. The Kier molecular flexibility index (Phi) is 7.34. The molecule has 3 nitrogen and oxygen atoms in total. The molecule has 0 aliphatic rings. The maximum Gasteiger partial charge on any atom is 0.164 e. The monoisotopic (exact) mass is 643 g/mol. The zero-order valence-electron chi connectivity index (χ0n) is 26.5. The smallest absolute Gasteiger partial charge is 0.164 e. The molecule has 0 amide bonds. The van der Waals surface area contributed by atoms with Crippen molar-refractivity contribution in [2.24, 2.45) is 0 Å². The Morgan fingerprint density at radius 3 is 1.31 bits per heavy atom. The second-order valence-corrected chi connectivity index (χ2v) is 13.1. The van der Waals surface area contributed by atoms with Crippen LogP contribution in [0.1, 0.15) is 0 Å². The highest BCUT2D eigenvalue weighted by Gasteiger charge is 2.15. The minimum atomic E-state index is 0.651. The SMILES string of the molecule is c1ccc(-c2ccc(-c3ccc(-c4nc(-c5ccccc5)nc(-c5ccc6c(c5)sc5c(-c7ccccc7)cccc56)n4)cc3)cc2)cc1. The maximum atomic E-state index is 5.06. The van der Waals surface area contributed by atoms with Gasteiger partial charge >= 0.3 is 0 Å². The summed E-state index contributed by atoms with van der Waals surface area (Å²) < 4.78 is 2.50. The van der Waals surface area contributed by atoms with Crippen LogP contribution in [0.3, 0.4) is 0 Å². The lowest BCUT2D eigenvalue weighted by Crippen LogP contribution is -2.00. The van der Waals surface area contributed by atoms with Gasteiger partial charge in [-0.15, -0.1) is 11.3 Å². The van der Waals surface area contributed by atoms with E-state index in [4.69, 9.17) is 15.0 Å². The Bertz CT molecular complexity index is 2560. The highest BCUT2D eigenvalue weighted by atomic mass is 32.1. The van der Waals surface area contributed by atoms with E-state index in [0.717, 1.165) is 22.3 Å². The lowest BCUT2D eigenvalue weighted by molar-refractivity contribution is 1.07. The summed E-state index contributed by atoms with van der Waals surface area (Å²) >= 11 is 1.82. The molecule has 0 spiro atoms. The number of aromatic nitrogens is 3. The Morgan fingerprint density at radius 1 is 0.306 bits per heavy atom. The van der Waals surface area contributed by atoms with Gasteiger partial charge in [-0.25, -0.2) is 15.0 Å². The van der Waals surface area contributed by atoms with Crippen molar-refractivity contribution in [1.82, 2.24) is 15.0 Å². The van der Waals surface area contributed by atoms with E-state index < -0.39 is 0 Å². The van der Waals surface area contributed by atoms with Gasteiger partial charge in [0.15, 0.2) is 17.5 Å². The van der Waals surface area contributed by atoms with Gasteiger partial charge in [-0.05, 0) is 39.4 Å². The van der Waals surface area contributed by atoms with Crippen LogP contribution in [0.2, 0.25) is 0 Å². The predicted molar refractivity (Wildman–Crippen MR) is 205 cm³/mol. The molecule has 2 heterocycles. The summed E-state index contributed by atoms with van der Waals surface area (Å²) in [7, 11) is 0. The first-order valence-electron chi connectivity index (χ1n) is 16.4. The molecule has 9 rings (SSSR count). The summed E-state index contributed by atoms with van der Waals surface area (Å²) in [6.07, 6.45) is 0. The van der Waals surface area contributed by atoms with E-state index in [1.807, 2.05) is 47.7 Å². The van der Waals surface area contributed by atoms with E-state index >= 15 is 0 Å². The average Bonchev–Trinajstić information content (AvgIpc) is 3.57. The first kappa shape index (κ1) is 29.0. The van der Waals surface area contributed by atoms with Gasteiger partial charge in [0.2, 0.25) is 0 Å². The van der Waals surface area contributed by atoms with E-state index in [9.17, 15) is 0 Å². The van der Waals surface area contributed by atoms with Crippen molar-refractivity contribution in [2.75, 3.05) is 0 Å². The topological polar surface area (TPSA) is 38.7 Å². The van der Waals surface area contributed by atoms with Crippen LogP contribution in [0.4, 0.5) is 0 Å². The number of benzene rings is 7. The van der Waals surface area contributed by atoms with Crippen LogP contribution in [0.15, 0.2) is 176 Å². The molecule has 0 N–H and O–H groups in total. The Labute approximate surface area is 288 Å². The van der Waals surface area contributed by atoms with E-state index in [1.54, 1.807) is 0 Å². The van der Waals surface area contributed by atoms with Crippen molar-refractivity contribution in [1.29, 1.82) is 0 Å². The molecular formula is C45H29N3S. The van der Waals surface area contributed by atoms with Crippen LogP contribution in [-0.4, -0.2) is 15.0 Å². The fourth-order valence-electron chi connectivity index (χ4n) is 6.43. The quantitative estimate of drug-likeness (QED) is 0.181. The average molecular weight is 644 g/mol. The third kappa shape index (κ3) is 5.58. The van der Waals surface area contributed by atoms with Crippen LogP contribution in [0.5, 0.6) is 0 Å². The Balaban J connectivity index is 1.10. The molecule has 4 heteroatoms. The van der Waals surface area contributed by atoms with Crippen molar-refractivity contribution in [2.45, 2.75) is 0 Å². The minimum Gasteiger partial charge on any atom is -0.208 e. The van der Waals surface area contributed by atoms with Gasteiger partial charge in [0.25, 0.3) is 0 Å². The molecular weight excluding hydrogens is 615 g/mol. The summed E-state index contributed by atoms with van der Waals surface area (Å²) in [5.41, 5.74) is 10.1. The van der Waals surface area contributed by atoms with Crippen molar-refractivity contribution < 1.29 is 0 Å². The van der Waals surface area contributed by atoms with E-state index in [2.05, 4.69) is 140 Å². The number of fused-ring (bicyclic) bond motifs is 3. The highest BCUT2D eigenvalue weighted by molar-refractivity contribution is 7.26. The molecule has 0 fully saturated rings. The molecule has 2 aromatic heterocycles. The highest BCUT2D eigenvalue weighted by Crippen LogP contribution is 2.41. The normalized spacial score (nSPS) is 11.3. The largest absolute Gasteiger partial charge is 0.208 e. The number of nitrogens with zero attached hydrogens (tertiary/aromatic N) is 3. The summed E-state index contributed by atoms with van der Waals surface area (Å²) in [5, 5.41) is 2.51. The third-order valence-electron chi connectivity index (χ3n) is 8.98. The summed E-state index contributed by atoms with van der Waals surface area (Å²) in [5.74, 6) is 1.97. The van der Waals surface area contributed by atoms with Gasteiger partial charge in [-0.2, -0.15) is 0 Å². The van der Waals surface area contributed by atoms with Gasteiger partial charge < -0.3 is 0 Å². The van der Waals surface area contributed by atoms with E-state index in [0.29, 0.717) is 17.5 Å². The molecule has 0 aliphatic carbocycles. The van der Waals surface area contributed by atoms with Gasteiger partial charge in [0.05, 0.1) is 0 Å².